The fraction of sp³-hybridized carbons (Fsp3) is 0.968. The summed E-state index contributed by atoms with van der Waals surface area (Å²) in [6, 6.07) is 0. The molecule has 2 aliphatic heterocycles. The molecule has 0 aromatic rings. The van der Waals surface area contributed by atoms with E-state index in [0.717, 1.165) is 38.5 Å². The first-order valence-corrected chi connectivity index (χ1v) is 32.6. The van der Waals surface area contributed by atoms with Crippen molar-refractivity contribution in [3.8, 4) is 0 Å². The number of esters is 2. The van der Waals surface area contributed by atoms with Gasteiger partial charge in [0.2, 0.25) is 0 Å². The van der Waals surface area contributed by atoms with E-state index in [1.807, 2.05) is 0 Å². The summed E-state index contributed by atoms with van der Waals surface area (Å²) in [5.41, 5.74) is 0. The van der Waals surface area contributed by atoms with Gasteiger partial charge in [-0.1, -0.05) is 271 Å². The molecule has 2 rings (SSSR count). The number of aliphatic hydroxyl groups is 7. The summed E-state index contributed by atoms with van der Waals surface area (Å²) in [4.78, 5) is 26.0. The van der Waals surface area contributed by atoms with E-state index in [0.29, 0.717) is 12.8 Å². The molecule has 11 unspecified atom stereocenters. The monoisotopic (exact) mass is 1120 g/mol. The van der Waals surface area contributed by atoms with Crippen molar-refractivity contribution in [2.45, 2.75) is 364 Å². The molecule has 15 heteroatoms. The Balaban J connectivity index is 1.69. The molecule has 0 saturated carbocycles. The Morgan fingerprint density at radius 1 is 0.359 bits per heavy atom. The average molecular weight is 1120 g/mol. The molecule has 2 fully saturated rings. The highest BCUT2D eigenvalue weighted by atomic mass is 16.7. The molecule has 0 bridgehead atoms. The van der Waals surface area contributed by atoms with E-state index in [9.17, 15) is 45.3 Å². The number of unbranched alkanes of at least 4 members (excludes halogenated alkanes) is 40. The summed E-state index contributed by atoms with van der Waals surface area (Å²) >= 11 is 0. The largest absolute Gasteiger partial charge is 0.462 e. The maximum atomic E-state index is 13.1. The van der Waals surface area contributed by atoms with Crippen molar-refractivity contribution in [3.63, 3.8) is 0 Å². The third kappa shape index (κ3) is 36.2. The number of rotatable bonds is 54. The Morgan fingerprint density at radius 2 is 0.654 bits per heavy atom. The number of carbonyl (C=O) groups is 2. The molecule has 462 valence electrons. The first-order chi connectivity index (χ1) is 38.0. The Morgan fingerprint density at radius 3 is 1.00 bits per heavy atom. The summed E-state index contributed by atoms with van der Waals surface area (Å²) in [5, 5.41) is 72.4. The number of aliphatic hydroxyl groups excluding tert-OH is 7. The van der Waals surface area contributed by atoms with Crippen LogP contribution < -0.4 is 0 Å². The van der Waals surface area contributed by atoms with Crippen LogP contribution in [0.25, 0.3) is 0 Å². The molecule has 0 aromatic heterocycles. The van der Waals surface area contributed by atoms with Gasteiger partial charge in [0.15, 0.2) is 18.7 Å². The summed E-state index contributed by atoms with van der Waals surface area (Å²) in [5.74, 6) is -0.899. The second-order valence-corrected chi connectivity index (χ2v) is 23.3. The molecule has 15 nitrogen and oxygen atoms in total. The predicted octanol–water partition coefficient (Wildman–Crippen LogP) is 12.3. The predicted molar refractivity (Wildman–Crippen MR) is 308 cm³/mol. The number of carbonyl (C=O) groups excluding carboxylic acids is 2. The van der Waals surface area contributed by atoms with Crippen LogP contribution in [0.1, 0.15) is 296 Å². The molecule has 11 atom stereocenters. The van der Waals surface area contributed by atoms with E-state index in [4.69, 9.17) is 28.4 Å². The average Bonchev–Trinajstić information content (AvgIpc) is 3.44. The molecular weight excluding hydrogens is 997 g/mol. The van der Waals surface area contributed by atoms with E-state index in [1.165, 1.54) is 218 Å². The van der Waals surface area contributed by atoms with Crippen molar-refractivity contribution in [1.82, 2.24) is 0 Å². The quantitative estimate of drug-likeness (QED) is 0.0222. The first kappa shape index (κ1) is 72.6. The van der Waals surface area contributed by atoms with Crippen LogP contribution in [0.2, 0.25) is 0 Å². The summed E-state index contributed by atoms with van der Waals surface area (Å²) in [7, 11) is 0. The van der Waals surface area contributed by atoms with Crippen LogP contribution in [0.15, 0.2) is 0 Å². The van der Waals surface area contributed by atoms with Gasteiger partial charge >= 0.3 is 11.9 Å². The molecule has 0 radical (unpaired) electrons. The molecule has 2 heterocycles. The van der Waals surface area contributed by atoms with Crippen LogP contribution in [-0.4, -0.2) is 142 Å². The molecule has 2 aliphatic rings. The third-order valence-electron chi connectivity index (χ3n) is 16.1. The Hall–Kier alpha value is -1.50. The van der Waals surface area contributed by atoms with Gasteiger partial charge in [0.25, 0.3) is 0 Å². The van der Waals surface area contributed by atoms with Gasteiger partial charge in [-0.15, -0.1) is 0 Å². The van der Waals surface area contributed by atoms with E-state index >= 15 is 0 Å². The normalized spacial score (nSPS) is 23.9. The highest BCUT2D eigenvalue weighted by molar-refractivity contribution is 5.70. The van der Waals surface area contributed by atoms with Gasteiger partial charge in [0.1, 0.15) is 55.4 Å². The summed E-state index contributed by atoms with van der Waals surface area (Å²) in [6.45, 7) is 2.68. The van der Waals surface area contributed by atoms with Gasteiger partial charge < -0.3 is 64.2 Å². The fourth-order valence-electron chi connectivity index (χ4n) is 10.8. The highest BCUT2D eigenvalue weighted by Gasteiger charge is 2.47. The van der Waals surface area contributed by atoms with E-state index in [-0.39, 0.29) is 26.1 Å². The van der Waals surface area contributed by atoms with Crippen molar-refractivity contribution < 1.29 is 73.8 Å². The molecule has 0 spiro atoms. The molecule has 7 N–H and O–H groups in total. The second kappa shape index (κ2) is 50.1. The lowest BCUT2D eigenvalue weighted by Crippen LogP contribution is -2.61. The number of ether oxygens (including phenoxy) is 6. The zero-order valence-corrected chi connectivity index (χ0v) is 49.7. The van der Waals surface area contributed by atoms with Crippen molar-refractivity contribution in [2.75, 3.05) is 26.4 Å². The van der Waals surface area contributed by atoms with Gasteiger partial charge in [-0.3, -0.25) is 9.59 Å². The van der Waals surface area contributed by atoms with E-state index < -0.39 is 92.7 Å². The zero-order valence-electron chi connectivity index (χ0n) is 49.7. The Bertz CT molecular complexity index is 1360. The molecule has 78 heavy (non-hydrogen) atoms. The number of hydrogen-bond donors (Lipinski definition) is 7. The van der Waals surface area contributed by atoms with Crippen LogP contribution in [0, 0.1) is 0 Å². The maximum absolute atomic E-state index is 13.1. The van der Waals surface area contributed by atoms with Crippen LogP contribution in [0.3, 0.4) is 0 Å². The van der Waals surface area contributed by atoms with Gasteiger partial charge in [-0.2, -0.15) is 0 Å². The van der Waals surface area contributed by atoms with Crippen LogP contribution in [-0.2, 0) is 38.0 Å². The summed E-state index contributed by atoms with van der Waals surface area (Å²) < 4.78 is 33.8. The minimum atomic E-state index is -1.76. The van der Waals surface area contributed by atoms with Crippen LogP contribution in [0.4, 0.5) is 0 Å². The Kier molecular flexibility index (Phi) is 46.6. The van der Waals surface area contributed by atoms with E-state index in [2.05, 4.69) is 13.8 Å². The van der Waals surface area contributed by atoms with Gasteiger partial charge in [0.05, 0.1) is 19.8 Å². The van der Waals surface area contributed by atoms with Crippen molar-refractivity contribution in [2.24, 2.45) is 0 Å². The molecule has 0 aliphatic carbocycles. The van der Waals surface area contributed by atoms with E-state index in [1.54, 1.807) is 0 Å². The van der Waals surface area contributed by atoms with Crippen molar-refractivity contribution >= 4 is 11.9 Å². The van der Waals surface area contributed by atoms with Gasteiger partial charge in [0, 0.05) is 12.8 Å². The molecular formula is C63H120O15. The smallest absolute Gasteiger partial charge is 0.306 e. The topological polar surface area (TPSA) is 231 Å². The molecule has 0 aromatic carbocycles. The minimum Gasteiger partial charge on any atom is -0.462 e. The molecule has 2 saturated heterocycles. The lowest BCUT2D eigenvalue weighted by Gasteiger charge is -2.42. The Labute approximate surface area is 474 Å². The number of hydrogen-bond acceptors (Lipinski definition) is 15. The highest BCUT2D eigenvalue weighted by Crippen LogP contribution is 2.27. The SMILES string of the molecule is CCCCCCCCCCCCCCCCCCCCCCCCCCC(=O)OC(COC(=O)CCCCCCCCCCCCCCCCCCCC)COC1OC(COC2OC(CO)C(O)C(O)C2O)C(O)C(O)C1O. The molecule has 0 amide bonds. The van der Waals surface area contributed by atoms with Gasteiger partial charge in [-0.05, 0) is 12.8 Å². The van der Waals surface area contributed by atoms with Crippen molar-refractivity contribution in [3.05, 3.63) is 0 Å². The zero-order chi connectivity index (χ0) is 56.7. The lowest BCUT2D eigenvalue weighted by molar-refractivity contribution is -0.332. The van der Waals surface area contributed by atoms with Crippen LogP contribution >= 0.6 is 0 Å². The summed E-state index contributed by atoms with van der Waals surface area (Å²) in [6.07, 6.45) is 37.0. The fourth-order valence-corrected chi connectivity index (χ4v) is 10.8. The van der Waals surface area contributed by atoms with Gasteiger partial charge in [-0.25, -0.2) is 0 Å². The first-order valence-electron chi connectivity index (χ1n) is 32.6. The third-order valence-corrected chi connectivity index (χ3v) is 16.1. The maximum Gasteiger partial charge on any atom is 0.306 e. The second-order valence-electron chi connectivity index (χ2n) is 23.3. The lowest BCUT2D eigenvalue weighted by atomic mass is 9.98. The standard InChI is InChI=1S/C63H120O15/c1-3-5-7-9-11-13-15-17-19-21-23-24-25-26-27-28-30-32-34-36-38-40-42-44-46-55(66)76-51(48-73-54(65)45-43-41-39-37-35-33-31-29-22-20-18-16-14-12-10-8-6-4-2)49-74-62-61(72)59(70)57(68)53(78-62)50-75-63-60(71)58(69)56(67)52(47-64)77-63/h51-53,56-64,67-72H,3-50H2,1-2H3. The van der Waals surface area contributed by atoms with Crippen molar-refractivity contribution in [1.29, 1.82) is 0 Å². The van der Waals surface area contributed by atoms with Crippen LogP contribution in [0.5, 0.6) is 0 Å². The minimum absolute atomic E-state index is 0.174.